The maximum atomic E-state index is 12.9. The van der Waals surface area contributed by atoms with E-state index in [-0.39, 0.29) is 18.5 Å². The second-order valence-electron chi connectivity index (χ2n) is 7.61. The van der Waals surface area contributed by atoms with Gasteiger partial charge in [0.2, 0.25) is 5.91 Å². The number of alkyl halides is 3. The van der Waals surface area contributed by atoms with Crippen molar-refractivity contribution in [2.45, 2.75) is 18.6 Å². The summed E-state index contributed by atoms with van der Waals surface area (Å²) in [4.78, 5) is 16.5. The zero-order valence-electron chi connectivity index (χ0n) is 16.5. The van der Waals surface area contributed by atoms with Crippen LogP contribution in [0.1, 0.15) is 23.6 Å². The summed E-state index contributed by atoms with van der Waals surface area (Å²) in [5, 5.41) is 3.09. The van der Waals surface area contributed by atoms with E-state index in [1.165, 1.54) is 12.1 Å². The largest absolute Gasteiger partial charge is 0.493 e. The minimum atomic E-state index is -4.35. The molecule has 1 atom stereocenters. The number of fused-ring (bicyclic) bond motifs is 1. The van der Waals surface area contributed by atoms with Crippen LogP contribution in [0.2, 0.25) is 0 Å². The summed E-state index contributed by atoms with van der Waals surface area (Å²) in [7, 11) is 0. The van der Waals surface area contributed by atoms with Crippen molar-refractivity contribution in [3.8, 4) is 5.75 Å². The molecule has 0 aliphatic carbocycles. The van der Waals surface area contributed by atoms with Crippen LogP contribution in [0.5, 0.6) is 5.75 Å². The van der Waals surface area contributed by atoms with Gasteiger partial charge in [-0.15, -0.1) is 0 Å². The minimum absolute atomic E-state index is 0.0516. The van der Waals surface area contributed by atoms with E-state index in [4.69, 9.17) is 4.74 Å². The molecule has 0 bridgehead atoms. The molecule has 4 rings (SSSR count). The average Bonchev–Trinajstić information content (AvgIpc) is 2.74. The van der Waals surface area contributed by atoms with Crippen molar-refractivity contribution < 1.29 is 22.7 Å². The number of carbonyl (C=O) groups excluding carboxylic acids is 1. The number of benzene rings is 2. The lowest BCUT2D eigenvalue weighted by Crippen LogP contribution is -2.50. The van der Waals surface area contributed by atoms with Gasteiger partial charge in [-0.2, -0.15) is 13.2 Å². The molecule has 0 aromatic heterocycles. The number of hydrogen-bond donors (Lipinski definition) is 1. The van der Waals surface area contributed by atoms with Gasteiger partial charge >= 0.3 is 6.18 Å². The molecule has 2 aliphatic heterocycles. The number of rotatable bonds is 4. The highest BCUT2D eigenvalue weighted by Crippen LogP contribution is 2.32. The zero-order chi connectivity index (χ0) is 21.1. The van der Waals surface area contributed by atoms with Crippen molar-refractivity contribution in [1.29, 1.82) is 0 Å². The average molecular weight is 419 g/mol. The molecule has 2 aliphatic rings. The van der Waals surface area contributed by atoms with Gasteiger partial charge in [0.05, 0.1) is 24.8 Å². The molecule has 5 nitrogen and oxygen atoms in total. The standard InChI is InChI=1S/C22H24F3N3O2/c23-22(24,25)16-4-3-5-17(14-16)28-11-9-27(10-12-28)15-21(29)26-19-8-13-30-20-7-2-1-6-18(19)20/h1-7,14,19H,8-13,15H2,(H,26,29)/t19-/m0/s1. The highest BCUT2D eigenvalue weighted by molar-refractivity contribution is 5.78. The molecule has 1 amide bonds. The van der Waals surface area contributed by atoms with Crippen molar-refractivity contribution in [2.24, 2.45) is 0 Å². The van der Waals surface area contributed by atoms with E-state index in [1.54, 1.807) is 6.07 Å². The molecule has 2 aromatic carbocycles. The molecular formula is C22H24F3N3O2. The Bertz CT molecular complexity index is 895. The second-order valence-corrected chi connectivity index (χ2v) is 7.61. The van der Waals surface area contributed by atoms with Crippen LogP contribution >= 0.6 is 0 Å². The fraction of sp³-hybridized carbons (Fsp3) is 0.409. The molecule has 160 valence electrons. The fourth-order valence-corrected chi connectivity index (χ4v) is 3.98. The number of nitrogens with one attached hydrogen (secondary N) is 1. The van der Waals surface area contributed by atoms with Gasteiger partial charge in [-0.25, -0.2) is 0 Å². The molecule has 0 radical (unpaired) electrons. The Morgan fingerprint density at radius 1 is 1.07 bits per heavy atom. The van der Waals surface area contributed by atoms with Gasteiger partial charge in [0.1, 0.15) is 5.75 Å². The van der Waals surface area contributed by atoms with E-state index in [2.05, 4.69) is 5.32 Å². The first-order valence-corrected chi connectivity index (χ1v) is 10.1. The Balaban J connectivity index is 1.30. The van der Waals surface area contributed by atoms with Crippen LogP contribution in [-0.4, -0.2) is 50.1 Å². The number of ether oxygens (including phenoxy) is 1. The van der Waals surface area contributed by atoms with Gasteiger partial charge in [0.25, 0.3) is 0 Å². The monoisotopic (exact) mass is 419 g/mol. The van der Waals surface area contributed by atoms with Crippen molar-refractivity contribution in [3.63, 3.8) is 0 Å². The summed E-state index contributed by atoms with van der Waals surface area (Å²) in [6.07, 6.45) is -3.62. The Morgan fingerprint density at radius 3 is 2.60 bits per heavy atom. The first-order chi connectivity index (χ1) is 14.4. The highest BCUT2D eigenvalue weighted by Gasteiger charge is 2.31. The number of piperazine rings is 1. The van der Waals surface area contributed by atoms with Gasteiger partial charge in [-0.05, 0) is 24.3 Å². The van der Waals surface area contributed by atoms with Gasteiger partial charge in [0, 0.05) is 43.9 Å². The molecule has 1 fully saturated rings. The fourth-order valence-electron chi connectivity index (χ4n) is 3.98. The predicted octanol–water partition coefficient (Wildman–Crippen LogP) is 3.47. The molecule has 2 heterocycles. The summed E-state index contributed by atoms with van der Waals surface area (Å²) in [5.74, 6) is 0.757. The third kappa shape index (κ3) is 4.70. The zero-order valence-corrected chi connectivity index (χ0v) is 16.5. The maximum Gasteiger partial charge on any atom is 0.416 e. The van der Waals surface area contributed by atoms with E-state index in [0.717, 1.165) is 23.8 Å². The topological polar surface area (TPSA) is 44.8 Å². The molecule has 0 saturated carbocycles. The lowest BCUT2D eigenvalue weighted by molar-refractivity contribution is -0.137. The molecule has 8 heteroatoms. The number of anilines is 1. The smallest absolute Gasteiger partial charge is 0.416 e. The van der Waals surface area contributed by atoms with Crippen molar-refractivity contribution >= 4 is 11.6 Å². The number of para-hydroxylation sites is 1. The van der Waals surface area contributed by atoms with E-state index in [0.29, 0.717) is 38.5 Å². The molecule has 0 unspecified atom stereocenters. The van der Waals surface area contributed by atoms with Gasteiger partial charge in [-0.3, -0.25) is 9.69 Å². The van der Waals surface area contributed by atoms with E-state index < -0.39 is 11.7 Å². The van der Waals surface area contributed by atoms with E-state index >= 15 is 0 Å². The number of nitrogens with zero attached hydrogens (tertiary/aromatic N) is 2. The molecule has 1 N–H and O–H groups in total. The number of halogens is 3. The Kier molecular flexibility index (Phi) is 5.85. The van der Waals surface area contributed by atoms with Crippen LogP contribution in [0.15, 0.2) is 48.5 Å². The van der Waals surface area contributed by atoms with Gasteiger partial charge in [-0.1, -0.05) is 24.3 Å². The quantitative estimate of drug-likeness (QED) is 0.825. The number of hydrogen-bond acceptors (Lipinski definition) is 4. The van der Waals surface area contributed by atoms with E-state index in [1.807, 2.05) is 34.1 Å². The summed E-state index contributed by atoms with van der Waals surface area (Å²) in [5.41, 5.74) is 0.915. The number of amides is 1. The lowest BCUT2D eigenvalue weighted by atomic mass is 10.0. The van der Waals surface area contributed by atoms with Crippen LogP contribution in [-0.2, 0) is 11.0 Å². The van der Waals surface area contributed by atoms with Crippen molar-refractivity contribution in [2.75, 3.05) is 44.2 Å². The Morgan fingerprint density at radius 2 is 1.83 bits per heavy atom. The van der Waals surface area contributed by atoms with Gasteiger partial charge in [0.15, 0.2) is 0 Å². The molecule has 30 heavy (non-hydrogen) atoms. The minimum Gasteiger partial charge on any atom is -0.493 e. The first-order valence-electron chi connectivity index (χ1n) is 10.1. The van der Waals surface area contributed by atoms with Crippen LogP contribution < -0.4 is 15.0 Å². The number of carbonyl (C=O) groups is 1. The van der Waals surface area contributed by atoms with E-state index in [9.17, 15) is 18.0 Å². The van der Waals surface area contributed by atoms with Crippen LogP contribution in [0.3, 0.4) is 0 Å². The molecule has 2 aromatic rings. The van der Waals surface area contributed by atoms with Crippen LogP contribution in [0.25, 0.3) is 0 Å². The Hall–Kier alpha value is -2.74. The maximum absolute atomic E-state index is 12.9. The highest BCUT2D eigenvalue weighted by atomic mass is 19.4. The summed E-state index contributed by atoms with van der Waals surface area (Å²) in [6.45, 7) is 3.24. The third-order valence-corrected chi connectivity index (χ3v) is 5.57. The summed E-state index contributed by atoms with van der Waals surface area (Å²) in [6, 6.07) is 13.0. The molecule has 1 saturated heterocycles. The predicted molar refractivity (Wildman–Crippen MR) is 108 cm³/mol. The normalized spacial score (nSPS) is 19.7. The third-order valence-electron chi connectivity index (χ3n) is 5.57. The first kappa shape index (κ1) is 20.5. The molecule has 0 spiro atoms. The van der Waals surface area contributed by atoms with Crippen molar-refractivity contribution in [3.05, 3.63) is 59.7 Å². The van der Waals surface area contributed by atoms with Crippen molar-refractivity contribution in [1.82, 2.24) is 10.2 Å². The SMILES string of the molecule is O=C(CN1CCN(c2cccc(C(F)(F)F)c2)CC1)N[C@H]1CCOc2ccccc21. The summed E-state index contributed by atoms with van der Waals surface area (Å²) >= 11 is 0. The Labute approximate surface area is 173 Å². The summed E-state index contributed by atoms with van der Waals surface area (Å²) < 4.78 is 44.5. The van der Waals surface area contributed by atoms with Crippen LogP contribution in [0.4, 0.5) is 18.9 Å². The lowest BCUT2D eigenvalue weighted by Gasteiger charge is -2.36. The van der Waals surface area contributed by atoms with Crippen LogP contribution in [0, 0.1) is 0 Å². The molecular weight excluding hydrogens is 395 g/mol. The van der Waals surface area contributed by atoms with Gasteiger partial charge < -0.3 is 15.0 Å². The second kappa shape index (κ2) is 8.55.